The summed E-state index contributed by atoms with van der Waals surface area (Å²) < 4.78 is 0. The summed E-state index contributed by atoms with van der Waals surface area (Å²) in [6.07, 6.45) is -3.56. The van der Waals surface area contributed by atoms with Gasteiger partial charge in [0.05, 0.1) is 5.97 Å². The Balaban J connectivity index is 0. The van der Waals surface area contributed by atoms with E-state index in [1.807, 2.05) is 0 Å². The molecule has 0 fully saturated rings. The van der Waals surface area contributed by atoms with Gasteiger partial charge in [-0.15, -0.1) is 0 Å². The first-order valence-corrected chi connectivity index (χ1v) is 3.16. The van der Waals surface area contributed by atoms with Crippen molar-refractivity contribution in [2.75, 3.05) is 0 Å². The fourth-order valence-electron chi connectivity index (χ4n) is 0.668. The molecule has 0 aliphatic heterocycles. The Morgan fingerprint density at radius 1 is 1.07 bits per heavy atom. The smallest absolute Gasteiger partial charge is 0.550 e. The van der Waals surface area contributed by atoms with Gasteiger partial charge in [0.2, 0.25) is 0 Å². The molecule has 1 N–H and O–H groups in total. The molecule has 0 bridgehead atoms. The summed E-state index contributed by atoms with van der Waals surface area (Å²) >= 11 is 0. The van der Waals surface area contributed by atoms with Gasteiger partial charge in [0.1, 0.15) is 6.10 Å². The standard InChI is InChI=1S/C6H8O7.Bi/c7-3(8)1-2(5(10)11)4(9)6(12)13;/h2,4,9H,1H2,(H,7,8)(H,10,11)(H,12,13);/q;+3/p-3. The minimum atomic E-state index is -2.41. The van der Waals surface area contributed by atoms with E-state index in [1.54, 1.807) is 0 Å². The van der Waals surface area contributed by atoms with E-state index < -0.39 is 36.4 Å². The first-order valence-electron chi connectivity index (χ1n) is 3.16. The molecule has 0 aromatic rings. The van der Waals surface area contributed by atoms with Crippen LogP contribution in [0.25, 0.3) is 0 Å². The molecule has 0 aliphatic rings. The molecule has 0 rings (SSSR count). The predicted molar refractivity (Wildman–Crippen MR) is 34.9 cm³/mol. The molecule has 0 aromatic carbocycles. The maximum Gasteiger partial charge on any atom is 3.00 e. The molecule has 76 valence electrons. The van der Waals surface area contributed by atoms with E-state index in [0.29, 0.717) is 0 Å². The first-order chi connectivity index (χ1) is 5.86. The molecule has 2 atom stereocenters. The molecule has 0 amide bonds. The summed E-state index contributed by atoms with van der Waals surface area (Å²) in [4.78, 5) is 30.0. The van der Waals surface area contributed by atoms with Crippen LogP contribution in [0, 0.1) is 5.92 Å². The van der Waals surface area contributed by atoms with Crippen LogP contribution >= 0.6 is 0 Å². The van der Waals surface area contributed by atoms with Gasteiger partial charge in [-0.3, -0.25) is 0 Å². The number of aliphatic carboxylic acids is 3. The zero-order valence-corrected chi connectivity index (χ0v) is 10.2. The number of carbonyl (C=O) groups excluding carboxylic acids is 3. The third-order valence-electron chi connectivity index (χ3n) is 1.31. The van der Waals surface area contributed by atoms with E-state index >= 15 is 0 Å². The molecule has 2 radical (unpaired) electrons. The van der Waals surface area contributed by atoms with Gasteiger partial charge in [-0.2, -0.15) is 0 Å². The van der Waals surface area contributed by atoms with E-state index in [4.69, 9.17) is 5.11 Å². The Labute approximate surface area is 97.5 Å². The van der Waals surface area contributed by atoms with E-state index in [-0.39, 0.29) is 26.2 Å². The van der Waals surface area contributed by atoms with Gasteiger partial charge in [-0.1, -0.05) is 0 Å². The van der Waals surface area contributed by atoms with Crippen molar-refractivity contribution in [3.63, 3.8) is 0 Å². The van der Waals surface area contributed by atoms with Crippen LogP contribution in [-0.4, -0.2) is 55.3 Å². The van der Waals surface area contributed by atoms with Crippen LogP contribution in [0.1, 0.15) is 6.42 Å². The van der Waals surface area contributed by atoms with Gasteiger partial charge in [0.15, 0.2) is 0 Å². The molecule has 2 unspecified atom stereocenters. The van der Waals surface area contributed by atoms with Crippen LogP contribution in [0.3, 0.4) is 0 Å². The molecular formula is C6H5BiO7. The van der Waals surface area contributed by atoms with E-state index in [1.165, 1.54) is 0 Å². The molecule has 14 heavy (non-hydrogen) atoms. The van der Waals surface area contributed by atoms with Crippen LogP contribution in [0.15, 0.2) is 0 Å². The van der Waals surface area contributed by atoms with Crippen LogP contribution in [0.2, 0.25) is 0 Å². The summed E-state index contributed by atoms with van der Waals surface area (Å²) in [6.45, 7) is 0. The molecular weight excluding hydrogens is 393 g/mol. The predicted octanol–water partition coefficient (Wildman–Crippen LogP) is -5.78. The zero-order valence-electron chi connectivity index (χ0n) is 6.71. The molecule has 0 saturated heterocycles. The number of carboxylic acids is 3. The Kier molecular flexibility index (Phi) is 7.49. The normalized spacial score (nSPS) is 13.5. The summed E-state index contributed by atoms with van der Waals surface area (Å²) in [6, 6.07) is 0. The van der Waals surface area contributed by atoms with Crippen LogP contribution < -0.4 is 15.3 Å². The van der Waals surface area contributed by atoms with Crippen molar-refractivity contribution in [3.8, 4) is 0 Å². The monoisotopic (exact) mass is 398 g/mol. The van der Waals surface area contributed by atoms with Crippen molar-refractivity contribution in [1.82, 2.24) is 0 Å². The summed E-state index contributed by atoms with van der Waals surface area (Å²) in [5, 5.41) is 38.6. The fraction of sp³-hybridized carbons (Fsp3) is 0.500. The van der Waals surface area contributed by atoms with Crippen molar-refractivity contribution < 1.29 is 34.8 Å². The molecule has 7 nitrogen and oxygen atoms in total. The maximum absolute atomic E-state index is 10.1. The Hall–Kier alpha value is -0.747. The van der Waals surface area contributed by atoms with Gasteiger partial charge >= 0.3 is 26.2 Å². The number of carboxylic acid groups (broad SMARTS) is 3. The van der Waals surface area contributed by atoms with E-state index in [9.17, 15) is 29.7 Å². The average molecular weight is 398 g/mol. The SMILES string of the molecule is O=C([O-])CC(C(=O)[O-])C(O)C(=O)[O-].[Bi+3]. The van der Waals surface area contributed by atoms with Gasteiger partial charge in [0, 0.05) is 17.9 Å². The number of rotatable bonds is 5. The molecule has 0 saturated carbocycles. The number of carbonyl (C=O) groups is 3. The fourth-order valence-corrected chi connectivity index (χ4v) is 0.668. The van der Waals surface area contributed by atoms with Gasteiger partial charge in [-0.25, -0.2) is 0 Å². The number of hydrogen-bond acceptors (Lipinski definition) is 7. The Morgan fingerprint density at radius 3 is 1.71 bits per heavy atom. The molecule has 0 aromatic heterocycles. The summed E-state index contributed by atoms with van der Waals surface area (Å²) in [5.41, 5.74) is 0. The second-order valence-electron chi connectivity index (χ2n) is 2.27. The van der Waals surface area contributed by atoms with E-state index in [2.05, 4.69) is 0 Å². The average Bonchev–Trinajstić information content (AvgIpc) is 1.97. The molecule has 0 spiro atoms. The molecule has 0 aliphatic carbocycles. The maximum atomic E-state index is 10.1. The Morgan fingerprint density at radius 2 is 1.50 bits per heavy atom. The summed E-state index contributed by atoms with van der Waals surface area (Å²) in [5.74, 6) is -7.92. The second kappa shape index (κ2) is 6.67. The number of aliphatic hydroxyl groups is 1. The molecule has 8 heteroatoms. The zero-order chi connectivity index (χ0) is 10.6. The third-order valence-corrected chi connectivity index (χ3v) is 1.31. The second-order valence-corrected chi connectivity index (χ2v) is 2.27. The number of hydrogen-bond donors (Lipinski definition) is 1. The molecule has 0 heterocycles. The van der Waals surface area contributed by atoms with Crippen molar-refractivity contribution in [2.45, 2.75) is 12.5 Å². The van der Waals surface area contributed by atoms with Crippen molar-refractivity contribution in [1.29, 1.82) is 0 Å². The van der Waals surface area contributed by atoms with Crippen LogP contribution in [0.5, 0.6) is 0 Å². The van der Waals surface area contributed by atoms with Gasteiger partial charge in [0.25, 0.3) is 0 Å². The Bertz CT molecular complexity index is 238. The minimum absolute atomic E-state index is 0. The minimum Gasteiger partial charge on any atom is -0.550 e. The topological polar surface area (TPSA) is 141 Å². The van der Waals surface area contributed by atoms with Gasteiger partial charge < -0.3 is 34.8 Å². The van der Waals surface area contributed by atoms with Crippen molar-refractivity contribution in [3.05, 3.63) is 0 Å². The quantitative estimate of drug-likeness (QED) is 0.455. The summed E-state index contributed by atoms with van der Waals surface area (Å²) in [7, 11) is 0. The van der Waals surface area contributed by atoms with Gasteiger partial charge in [-0.05, 0) is 6.42 Å². The largest absolute Gasteiger partial charge is 3.00 e. The van der Waals surface area contributed by atoms with Crippen LogP contribution in [0.4, 0.5) is 0 Å². The van der Waals surface area contributed by atoms with Crippen molar-refractivity contribution in [2.24, 2.45) is 5.92 Å². The first kappa shape index (κ1) is 15.7. The number of aliphatic hydroxyl groups excluding tert-OH is 1. The van der Waals surface area contributed by atoms with Crippen molar-refractivity contribution >= 4 is 44.1 Å². The van der Waals surface area contributed by atoms with E-state index in [0.717, 1.165) is 0 Å². The third kappa shape index (κ3) is 5.08. The van der Waals surface area contributed by atoms with Crippen LogP contribution in [-0.2, 0) is 14.4 Å².